The average molecular weight is 286 g/mol. The Kier molecular flexibility index (Phi) is 3.69. The molecule has 1 saturated heterocycles. The molecule has 1 fully saturated rings. The summed E-state index contributed by atoms with van der Waals surface area (Å²) in [6.45, 7) is 4.91. The van der Waals surface area contributed by atoms with Gasteiger partial charge >= 0.3 is 0 Å². The van der Waals surface area contributed by atoms with Gasteiger partial charge in [0.05, 0.1) is 0 Å². The van der Waals surface area contributed by atoms with Gasteiger partial charge in [0.2, 0.25) is 10.0 Å². The van der Waals surface area contributed by atoms with E-state index in [1.54, 1.807) is 4.90 Å². The van der Waals surface area contributed by atoms with Gasteiger partial charge in [-0.3, -0.25) is 4.79 Å². The van der Waals surface area contributed by atoms with Crippen LogP contribution in [0, 0.1) is 12.8 Å². The van der Waals surface area contributed by atoms with Crippen molar-refractivity contribution in [2.45, 2.75) is 31.6 Å². The molecule has 2 N–H and O–H groups in total. The number of piperidine rings is 1. The van der Waals surface area contributed by atoms with Crippen LogP contribution in [-0.4, -0.2) is 32.3 Å². The van der Waals surface area contributed by atoms with Crippen LogP contribution in [0.4, 0.5) is 0 Å². The fourth-order valence-corrected chi connectivity index (χ4v) is 3.10. The molecule has 7 heteroatoms. The normalized spacial score (nSPS) is 20.6. The van der Waals surface area contributed by atoms with Crippen LogP contribution in [-0.2, 0) is 10.0 Å². The Balaban J connectivity index is 2.25. The molecule has 1 atom stereocenters. The summed E-state index contributed by atoms with van der Waals surface area (Å²) in [5.74, 6) is 0.363. The molecule has 1 aromatic rings. The molecule has 1 amide bonds. The van der Waals surface area contributed by atoms with Gasteiger partial charge in [0.1, 0.15) is 10.7 Å². The second-order valence-electron chi connectivity index (χ2n) is 5.07. The zero-order valence-corrected chi connectivity index (χ0v) is 11.9. The van der Waals surface area contributed by atoms with Crippen LogP contribution in [0.1, 0.15) is 36.1 Å². The minimum atomic E-state index is -3.85. The molecular weight excluding hydrogens is 268 g/mol. The van der Waals surface area contributed by atoms with Gasteiger partial charge in [-0.05, 0) is 25.7 Å². The molecule has 0 spiro atoms. The highest BCUT2D eigenvalue weighted by atomic mass is 32.2. The topological polar surface area (TPSA) is 93.6 Å². The number of nitrogens with zero attached hydrogens (tertiary/aromatic N) is 1. The van der Waals surface area contributed by atoms with Crippen molar-refractivity contribution in [2.24, 2.45) is 11.1 Å². The first-order valence-corrected chi connectivity index (χ1v) is 7.76. The van der Waals surface area contributed by atoms with E-state index in [4.69, 9.17) is 9.56 Å². The van der Waals surface area contributed by atoms with Crippen LogP contribution in [0.5, 0.6) is 0 Å². The molecule has 1 aliphatic rings. The van der Waals surface area contributed by atoms with Crippen LogP contribution >= 0.6 is 0 Å². The lowest BCUT2D eigenvalue weighted by atomic mass is 10.0. The molecule has 106 valence electrons. The van der Waals surface area contributed by atoms with Crippen LogP contribution in [0.3, 0.4) is 0 Å². The highest BCUT2D eigenvalue weighted by Crippen LogP contribution is 2.22. The van der Waals surface area contributed by atoms with Crippen LogP contribution < -0.4 is 5.14 Å². The maximum atomic E-state index is 12.2. The van der Waals surface area contributed by atoms with Gasteiger partial charge < -0.3 is 9.32 Å². The third kappa shape index (κ3) is 2.98. The molecule has 2 heterocycles. The van der Waals surface area contributed by atoms with Gasteiger partial charge in [-0.25, -0.2) is 13.6 Å². The number of carbonyl (C=O) groups excluding carboxylic acids is 1. The molecular formula is C12H18N2O4S. The highest BCUT2D eigenvalue weighted by molar-refractivity contribution is 7.89. The van der Waals surface area contributed by atoms with E-state index in [9.17, 15) is 13.2 Å². The molecule has 6 nitrogen and oxygen atoms in total. The van der Waals surface area contributed by atoms with Gasteiger partial charge in [-0.1, -0.05) is 6.92 Å². The maximum Gasteiger partial charge on any atom is 0.289 e. The lowest BCUT2D eigenvalue weighted by Gasteiger charge is -2.30. The number of hydrogen-bond acceptors (Lipinski definition) is 4. The Labute approximate surface area is 112 Å². The Morgan fingerprint density at radius 1 is 1.53 bits per heavy atom. The van der Waals surface area contributed by atoms with Crippen molar-refractivity contribution in [3.63, 3.8) is 0 Å². The van der Waals surface area contributed by atoms with E-state index in [-0.39, 0.29) is 22.3 Å². The molecule has 1 aliphatic heterocycles. The van der Waals surface area contributed by atoms with Crippen LogP contribution in [0.2, 0.25) is 0 Å². The first-order valence-electron chi connectivity index (χ1n) is 6.21. The van der Waals surface area contributed by atoms with E-state index >= 15 is 0 Å². The number of nitrogens with two attached hydrogens (primary N) is 1. The van der Waals surface area contributed by atoms with Gasteiger partial charge in [0, 0.05) is 19.2 Å². The van der Waals surface area contributed by atoms with Crippen molar-refractivity contribution in [3.05, 3.63) is 17.6 Å². The lowest BCUT2D eigenvalue weighted by Crippen LogP contribution is -2.38. The number of rotatable bonds is 2. The zero-order valence-electron chi connectivity index (χ0n) is 11.0. The van der Waals surface area contributed by atoms with E-state index in [0.717, 1.165) is 12.8 Å². The number of likely N-dealkylation sites (tertiary alicyclic amines) is 1. The standard InChI is InChI=1S/C12H18N2O4S/c1-8-4-3-5-14(7-8)12(15)10-6-11(9(2)18-10)19(13,16)17/h6,8H,3-5,7H2,1-2H3,(H2,13,16,17). The summed E-state index contributed by atoms with van der Waals surface area (Å²) in [5, 5.41) is 5.06. The fraction of sp³-hybridized carbons (Fsp3) is 0.583. The summed E-state index contributed by atoms with van der Waals surface area (Å²) in [6, 6.07) is 1.21. The quantitative estimate of drug-likeness (QED) is 0.881. The van der Waals surface area contributed by atoms with E-state index in [1.807, 2.05) is 0 Å². The van der Waals surface area contributed by atoms with E-state index < -0.39 is 10.0 Å². The van der Waals surface area contributed by atoms with Gasteiger partial charge in [0.25, 0.3) is 5.91 Å². The summed E-state index contributed by atoms with van der Waals surface area (Å²) in [5.41, 5.74) is 0. The van der Waals surface area contributed by atoms with Crippen LogP contribution in [0.15, 0.2) is 15.4 Å². The third-order valence-corrected chi connectivity index (χ3v) is 4.35. The number of primary sulfonamides is 1. The molecule has 0 radical (unpaired) electrons. The fourth-order valence-electron chi connectivity index (χ4n) is 2.38. The maximum absolute atomic E-state index is 12.2. The SMILES string of the molecule is Cc1oc(C(=O)N2CCCC(C)C2)cc1S(N)(=O)=O. The minimum Gasteiger partial charge on any atom is -0.455 e. The van der Waals surface area contributed by atoms with Crippen molar-refractivity contribution in [2.75, 3.05) is 13.1 Å². The van der Waals surface area contributed by atoms with Crippen molar-refractivity contribution >= 4 is 15.9 Å². The summed E-state index contributed by atoms with van der Waals surface area (Å²) in [4.78, 5) is 13.8. The van der Waals surface area contributed by atoms with Crippen molar-refractivity contribution in [1.82, 2.24) is 4.90 Å². The largest absolute Gasteiger partial charge is 0.455 e. The summed E-state index contributed by atoms with van der Waals surface area (Å²) in [6.07, 6.45) is 2.05. The number of aryl methyl sites for hydroxylation is 1. The Morgan fingerprint density at radius 3 is 2.74 bits per heavy atom. The Hall–Kier alpha value is -1.34. The number of carbonyl (C=O) groups is 1. The van der Waals surface area contributed by atoms with E-state index in [1.165, 1.54) is 13.0 Å². The minimum absolute atomic E-state index is 0.0376. The molecule has 19 heavy (non-hydrogen) atoms. The zero-order chi connectivity index (χ0) is 14.2. The summed E-state index contributed by atoms with van der Waals surface area (Å²) in [7, 11) is -3.85. The predicted octanol–water partition coefficient (Wildman–Crippen LogP) is 1.11. The molecule has 0 bridgehead atoms. The number of hydrogen-bond donors (Lipinski definition) is 1. The first-order chi connectivity index (χ1) is 8.79. The van der Waals surface area contributed by atoms with E-state index in [0.29, 0.717) is 19.0 Å². The second kappa shape index (κ2) is 4.97. The smallest absolute Gasteiger partial charge is 0.289 e. The first kappa shape index (κ1) is 14.1. The lowest BCUT2D eigenvalue weighted by molar-refractivity contribution is 0.0649. The second-order valence-corrected chi connectivity index (χ2v) is 6.60. The monoisotopic (exact) mass is 286 g/mol. The Morgan fingerprint density at radius 2 is 2.21 bits per heavy atom. The molecule has 1 aromatic heterocycles. The molecule has 0 aliphatic carbocycles. The molecule has 1 unspecified atom stereocenters. The van der Waals surface area contributed by atoms with Gasteiger partial charge in [-0.2, -0.15) is 0 Å². The molecule has 2 rings (SSSR count). The van der Waals surface area contributed by atoms with Gasteiger partial charge in [0.15, 0.2) is 5.76 Å². The third-order valence-electron chi connectivity index (χ3n) is 3.33. The molecule has 0 saturated carbocycles. The number of furan rings is 1. The van der Waals surface area contributed by atoms with Crippen LogP contribution in [0.25, 0.3) is 0 Å². The predicted molar refractivity (Wildman–Crippen MR) is 69.1 cm³/mol. The summed E-state index contributed by atoms with van der Waals surface area (Å²) < 4.78 is 27.9. The van der Waals surface area contributed by atoms with Crippen molar-refractivity contribution in [3.8, 4) is 0 Å². The highest BCUT2D eigenvalue weighted by Gasteiger charge is 2.27. The number of amides is 1. The summed E-state index contributed by atoms with van der Waals surface area (Å²) >= 11 is 0. The Bertz CT molecular complexity index is 591. The van der Waals surface area contributed by atoms with Crippen molar-refractivity contribution in [1.29, 1.82) is 0 Å². The molecule has 0 aromatic carbocycles. The van der Waals surface area contributed by atoms with Crippen molar-refractivity contribution < 1.29 is 17.6 Å². The average Bonchev–Trinajstić information content (AvgIpc) is 2.70. The number of sulfonamides is 1. The van der Waals surface area contributed by atoms with E-state index in [2.05, 4.69) is 6.92 Å². The van der Waals surface area contributed by atoms with Gasteiger partial charge in [-0.15, -0.1) is 0 Å².